The highest BCUT2D eigenvalue weighted by atomic mass is 16.6. The quantitative estimate of drug-likeness (QED) is 0.437. The van der Waals surface area contributed by atoms with Crippen LogP contribution in [0.2, 0.25) is 0 Å². The van der Waals surface area contributed by atoms with Crippen molar-refractivity contribution in [3.8, 4) is 11.5 Å². The van der Waals surface area contributed by atoms with Crippen LogP contribution in [0.15, 0.2) is 36.4 Å². The standard InChI is InChI=1S/C20H22N2O5/c1-26-15-7-9-19(27-2)16(13-15)20(23)14-6-8-17(18(12-14)22(24)25)21-10-4-3-5-11-21/h6-9,12-13H,3-5,10-11H2,1-2H3. The number of hydrogen-bond donors (Lipinski definition) is 0. The monoisotopic (exact) mass is 370 g/mol. The molecule has 0 radical (unpaired) electrons. The maximum absolute atomic E-state index is 13.0. The van der Waals surface area contributed by atoms with E-state index < -0.39 is 4.92 Å². The van der Waals surface area contributed by atoms with E-state index in [-0.39, 0.29) is 17.0 Å². The first kappa shape index (κ1) is 18.7. The molecule has 0 atom stereocenters. The summed E-state index contributed by atoms with van der Waals surface area (Å²) in [7, 11) is 2.98. The van der Waals surface area contributed by atoms with Crippen LogP contribution >= 0.6 is 0 Å². The van der Waals surface area contributed by atoms with Crippen molar-refractivity contribution in [1.29, 1.82) is 0 Å². The number of rotatable bonds is 6. The van der Waals surface area contributed by atoms with Crippen LogP contribution in [0.25, 0.3) is 0 Å². The van der Waals surface area contributed by atoms with E-state index >= 15 is 0 Å². The highest BCUT2D eigenvalue weighted by Gasteiger charge is 2.24. The zero-order chi connectivity index (χ0) is 19.4. The third-order valence-electron chi connectivity index (χ3n) is 4.78. The molecule has 0 saturated carbocycles. The summed E-state index contributed by atoms with van der Waals surface area (Å²) >= 11 is 0. The zero-order valence-corrected chi connectivity index (χ0v) is 15.4. The van der Waals surface area contributed by atoms with Crippen LogP contribution in [0.1, 0.15) is 35.2 Å². The topological polar surface area (TPSA) is 81.9 Å². The highest BCUT2D eigenvalue weighted by Crippen LogP contribution is 2.33. The number of nitro benzene ring substituents is 1. The van der Waals surface area contributed by atoms with Crippen molar-refractivity contribution in [2.45, 2.75) is 19.3 Å². The first-order chi connectivity index (χ1) is 13.0. The van der Waals surface area contributed by atoms with Gasteiger partial charge in [-0.3, -0.25) is 14.9 Å². The summed E-state index contributed by atoms with van der Waals surface area (Å²) in [5.74, 6) is 0.557. The van der Waals surface area contributed by atoms with Gasteiger partial charge in [-0.15, -0.1) is 0 Å². The van der Waals surface area contributed by atoms with Gasteiger partial charge < -0.3 is 14.4 Å². The minimum Gasteiger partial charge on any atom is -0.497 e. The average Bonchev–Trinajstić information content (AvgIpc) is 2.72. The fourth-order valence-corrected chi connectivity index (χ4v) is 3.36. The summed E-state index contributed by atoms with van der Waals surface area (Å²) in [5, 5.41) is 11.6. The van der Waals surface area contributed by atoms with E-state index in [0.717, 1.165) is 32.4 Å². The molecule has 27 heavy (non-hydrogen) atoms. The second-order valence-corrected chi connectivity index (χ2v) is 6.40. The molecule has 1 saturated heterocycles. The predicted octanol–water partition coefficient (Wildman–Crippen LogP) is 3.83. The van der Waals surface area contributed by atoms with Crippen LogP contribution in [0, 0.1) is 10.1 Å². The van der Waals surface area contributed by atoms with Crippen LogP contribution in [0.5, 0.6) is 11.5 Å². The molecule has 3 rings (SSSR count). The number of hydrogen-bond acceptors (Lipinski definition) is 6. The van der Waals surface area contributed by atoms with Crippen molar-refractivity contribution in [2.75, 3.05) is 32.2 Å². The maximum atomic E-state index is 13.0. The Morgan fingerprint density at radius 2 is 1.78 bits per heavy atom. The summed E-state index contributed by atoms with van der Waals surface area (Å²) in [6, 6.07) is 9.57. The molecule has 1 aliphatic rings. The Balaban J connectivity index is 2.01. The van der Waals surface area contributed by atoms with Crippen molar-refractivity contribution in [2.24, 2.45) is 0 Å². The van der Waals surface area contributed by atoms with Crippen LogP contribution in [0.4, 0.5) is 11.4 Å². The van der Waals surface area contributed by atoms with Crippen LogP contribution < -0.4 is 14.4 Å². The number of piperidine rings is 1. The molecule has 7 heteroatoms. The summed E-state index contributed by atoms with van der Waals surface area (Å²) in [6.45, 7) is 1.58. The minimum atomic E-state index is -0.427. The number of ketones is 1. The van der Waals surface area contributed by atoms with Gasteiger partial charge in [0.15, 0.2) is 5.78 Å². The van der Waals surface area contributed by atoms with E-state index in [4.69, 9.17) is 9.47 Å². The molecule has 0 aliphatic carbocycles. The predicted molar refractivity (Wildman–Crippen MR) is 102 cm³/mol. The molecule has 0 spiro atoms. The van der Waals surface area contributed by atoms with E-state index in [1.54, 1.807) is 30.3 Å². The normalized spacial score (nSPS) is 13.9. The Labute approximate surface area is 157 Å². The Morgan fingerprint density at radius 1 is 1.04 bits per heavy atom. The molecule has 0 unspecified atom stereocenters. The number of ether oxygens (including phenoxy) is 2. The Hall–Kier alpha value is -3.09. The Morgan fingerprint density at radius 3 is 2.41 bits per heavy atom. The molecule has 2 aromatic carbocycles. The molecule has 1 fully saturated rings. The molecule has 0 amide bonds. The zero-order valence-electron chi connectivity index (χ0n) is 15.4. The lowest BCUT2D eigenvalue weighted by atomic mass is 10.00. The summed E-state index contributed by atoms with van der Waals surface area (Å²) in [4.78, 5) is 26.2. The molecule has 7 nitrogen and oxygen atoms in total. The fraction of sp³-hybridized carbons (Fsp3) is 0.350. The molecule has 142 valence electrons. The van der Waals surface area contributed by atoms with Crippen LogP contribution in [0.3, 0.4) is 0 Å². The van der Waals surface area contributed by atoms with Gasteiger partial charge in [-0.05, 0) is 49.6 Å². The third-order valence-corrected chi connectivity index (χ3v) is 4.78. The lowest BCUT2D eigenvalue weighted by Crippen LogP contribution is -2.30. The molecule has 0 N–H and O–H groups in total. The lowest BCUT2D eigenvalue weighted by Gasteiger charge is -2.28. The van der Waals surface area contributed by atoms with E-state index in [1.165, 1.54) is 20.3 Å². The number of nitro groups is 1. The number of anilines is 1. The number of carbonyl (C=O) groups excluding carboxylic acids is 1. The minimum absolute atomic E-state index is 0.0513. The average molecular weight is 370 g/mol. The number of benzene rings is 2. The molecule has 0 aromatic heterocycles. The first-order valence-electron chi connectivity index (χ1n) is 8.85. The number of carbonyl (C=O) groups is 1. The molecular weight excluding hydrogens is 348 g/mol. The van der Waals surface area contributed by atoms with Gasteiger partial charge in [-0.1, -0.05) is 0 Å². The second-order valence-electron chi connectivity index (χ2n) is 6.40. The molecule has 1 aliphatic heterocycles. The smallest absolute Gasteiger partial charge is 0.293 e. The van der Waals surface area contributed by atoms with Crippen LogP contribution in [-0.2, 0) is 0 Å². The Bertz CT molecular complexity index is 859. The van der Waals surface area contributed by atoms with Gasteiger partial charge in [0, 0.05) is 24.7 Å². The van der Waals surface area contributed by atoms with Gasteiger partial charge >= 0.3 is 0 Å². The van der Waals surface area contributed by atoms with Gasteiger partial charge in [0.05, 0.1) is 24.7 Å². The van der Waals surface area contributed by atoms with Gasteiger partial charge in [0.2, 0.25) is 0 Å². The van der Waals surface area contributed by atoms with E-state index in [0.29, 0.717) is 22.7 Å². The first-order valence-corrected chi connectivity index (χ1v) is 8.85. The van der Waals surface area contributed by atoms with E-state index in [1.807, 2.05) is 4.90 Å². The largest absolute Gasteiger partial charge is 0.497 e. The van der Waals surface area contributed by atoms with Gasteiger partial charge in [0.1, 0.15) is 17.2 Å². The summed E-state index contributed by atoms with van der Waals surface area (Å²) in [5.41, 5.74) is 1.06. The fourth-order valence-electron chi connectivity index (χ4n) is 3.36. The van der Waals surface area contributed by atoms with Crippen molar-refractivity contribution >= 4 is 17.2 Å². The lowest BCUT2D eigenvalue weighted by molar-refractivity contribution is -0.384. The number of methoxy groups -OCH3 is 2. The van der Waals surface area contributed by atoms with E-state index in [2.05, 4.69) is 0 Å². The second kappa shape index (κ2) is 8.07. The molecular formula is C20H22N2O5. The van der Waals surface area contributed by atoms with Crippen molar-refractivity contribution in [3.63, 3.8) is 0 Å². The summed E-state index contributed by atoms with van der Waals surface area (Å²) < 4.78 is 10.4. The number of nitrogens with zero attached hydrogens (tertiary/aromatic N) is 2. The molecule has 2 aromatic rings. The van der Waals surface area contributed by atoms with E-state index in [9.17, 15) is 14.9 Å². The van der Waals surface area contributed by atoms with Gasteiger partial charge in [-0.2, -0.15) is 0 Å². The maximum Gasteiger partial charge on any atom is 0.293 e. The van der Waals surface area contributed by atoms with Gasteiger partial charge in [-0.25, -0.2) is 0 Å². The van der Waals surface area contributed by atoms with Crippen LogP contribution in [-0.4, -0.2) is 38.0 Å². The van der Waals surface area contributed by atoms with Crippen molar-refractivity contribution in [3.05, 3.63) is 57.6 Å². The Kier molecular flexibility index (Phi) is 5.59. The third kappa shape index (κ3) is 3.86. The highest BCUT2D eigenvalue weighted by molar-refractivity contribution is 6.11. The molecule has 1 heterocycles. The molecule has 0 bridgehead atoms. The van der Waals surface area contributed by atoms with Gasteiger partial charge in [0.25, 0.3) is 5.69 Å². The van der Waals surface area contributed by atoms with Crippen molar-refractivity contribution in [1.82, 2.24) is 0 Å². The van der Waals surface area contributed by atoms with Crippen molar-refractivity contribution < 1.29 is 19.2 Å². The SMILES string of the molecule is COc1ccc(OC)c(C(=O)c2ccc(N3CCCCC3)c([N+](=O)[O-])c2)c1. The summed E-state index contributed by atoms with van der Waals surface area (Å²) in [6.07, 6.45) is 3.16.